The van der Waals surface area contributed by atoms with E-state index >= 15 is 0 Å². The summed E-state index contributed by atoms with van der Waals surface area (Å²) in [6.07, 6.45) is 2.54. The van der Waals surface area contributed by atoms with Gasteiger partial charge in [-0.25, -0.2) is 9.48 Å². The van der Waals surface area contributed by atoms with Crippen LogP contribution in [0.4, 0.5) is 11.5 Å². The molecule has 3 aromatic rings. The highest BCUT2D eigenvalue weighted by atomic mass is 16.6. The van der Waals surface area contributed by atoms with Gasteiger partial charge in [0.05, 0.1) is 28.5 Å². The van der Waals surface area contributed by atoms with Crippen LogP contribution in [0.5, 0.6) is 0 Å². The molecule has 1 aliphatic rings. The predicted octanol–water partition coefficient (Wildman–Crippen LogP) is 3.70. The van der Waals surface area contributed by atoms with E-state index in [1.165, 1.54) is 6.07 Å². The number of hydrogen-bond acceptors (Lipinski definition) is 6. The average Bonchev–Trinajstić information content (AvgIpc) is 3.36. The van der Waals surface area contributed by atoms with Crippen LogP contribution in [0.3, 0.4) is 0 Å². The van der Waals surface area contributed by atoms with E-state index in [9.17, 15) is 19.7 Å². The molecule has 158 valence electrons. The number of nitro groups is 1. The summed E-state index contributed by atoms with van der Waals surface area (Å²) in [5.41, 5.74) is 2.24. The number of aryl methyl sites for hydroxylation is 1. The average molecular weight is 420 g/mol. The minimum Gasteiger partial charge on any atom is -0.462 e. The van der Waals surface area contributed by atoms with Gasteiger partial charge in [-0.2, -0.15) is 5.10 Å². The lowest BCUT2D eigenvalue weighted by molar-refractivity contribution is -0.384. The molecular weight excluding hydrogens is 400 g/mol. The van der Waals surface area contributed by atoms with E-state index < -0.39 is 16.8 Å². The summed E-state index contributed by atoms with van der Waals surface area (Å²) < 4.78 is 6.61. The first-order valence-corrected chi connectivity index (χ1v) is 9.92. The molecule has 0 saturated carbocycles. The first-order chi connectivity index (χ1) is 15.0. The van der Waals surface area contributed by atoms with Crippen molar-refractivity contribution < 1.29 is 19.2 Å². The molecule has 0 unspecified atom stereocenters. The highest BCUT2D eigenvalue weighted by Crippen LogP contribution is 2.31. The molecule has 0 aliphatic heterocycles. The van der Waals surface area contributed by atoms with Gasteiger partial charge in [0.25, 0.3) is 11.6 Å². The second-order valence-electron chi connectivity index (χ2n) is 7.08. The van der Waals surface area contributed by atoms with Crippen LogP contribution in [0.25, 0.3) is 5.69 Å². The van der Waals surface area contributed by atoms with E-state index in [-0.39, 0.29) is 23.4 Å². The number of amides is 1. The van der Waals surface area contributed by atoms with Gasteiger partial charge >= 0.3 is 5.97 Å². The van der Waals surface area contributed by atoms with Gasteiger partial charge in [-0.3, -0.25) is 14.9 Å². The second kappa shape index (κ2) is 8.39. The van der Waals surface area contributed by atoms with Crippen LogP contribution in [-0.2, 0) is 17.6 Å². The fraction of sp³-hybridized carbons (Fsp3) is 0.227. The Morgan fingerprint density at radius 2 is 1.90 bits per heavy atom. The summed E-state index contributed by atoms with van der Waals surface area (Å²) in [6.45, 7) is 1.75. The van der Waals surface area contributed by atoms with Gasteiger partial charge in [-0.15, -0.1) is 0 Å². The molecule has 0 saturated heterocycles. The maximum atomic E-state index is 13.1. The third-order valence-electron chi connectivity index (χ3n) is 5.04. The molecule has 31 heavy (non-hydrogen) atoms. The summed E-state index contributed by atoms with van der Waals surface area (Å²) >= 11 is 0. The molecule has 0 spiro atoms. The predicted molar refractivity (Wildman–Crippen MR) is 113 cm³/mol. The van der Waals surface area contributed by atoms with Crippen LogP contribution < -0.4 is 5.32 Å². The van der Waals surface area contributed by atoms with Crippen LogP contribution in [0.15, 0.2) is 48.5 Å². The number of nitro benzene ring substituents is 1. The maximum Gasteiger partial charge on any atom is 0.338 e. The molecule has 1 aliphatic carbocycles. The standard InChI is InChI=1S/C22H20N4O5/c1-2-31-22(28)15-11-14(12-17(13-15)26(29)30)21(27)23-20-18-9-6-10-19(18)24-25(20)16-7-4-3-5-8-16/h3-5,7-8,11-13H,2,6,9-10H2,1H3,(H,23,27). The lowest BCUT2D eigenvalue weighted by Crippen LogP contribution is -2.17. The van der Waals surface area contributed by atoms with E-state index in [1.54, 1.807) is 11.6 Å². The molecule has 9 nitrogen and oxygen atoms in total. The summed E-state index contributed by atoms with van der Waals surface area (Å²) in [7, 11) is 0. The molecular formula is C22H20N4O5. The molecule has 9 heteroatoms. The number of carbonyl (C=O) groups is 2. The Hall–Kier alpha value is -4.01. The molecule has 1 heterocycles. The zero-order chi connectivity index (χ0) is 22.0. The van der Waals surface area contributed by atoms with Gasteiger partial charge in [-0.05, 0) is 44.4 Å². The Labute approximate surface area is 177 Å². The lowest BCUT2D eigenvalue weighted by Gasteiger charge is -2.12. The van der Waals surface area contributed by atoms with Crippen molar-refractivity contribution in [2.45, 2.75) is 26.2 Å². The number of hydrogen-bond donors (Lipinski definition) is 1. The number of carbonyl (C=O) groups excluding carboxylic acids is 2. The zero-order valence-corrected chi connectivity index (χ0v) is 16.8. The van der Waals surface area contributed by atoms with Crippen molar-refractivity contribution in [1.29, 1.82) is 0 Å². The first kappa shape index (κ1) is 20.3. The van der Waals surface area contributed by atoms with E-state index in [0.29, 0.717) is 5.82 Å². The summed E-state index contributed by atoms with van der Waals surface area (Å²) in [4.78, 5) is 35.9. The molecule has 2 aromatic carbocycles. The number of esters is 1. The van der Waals surface area contributed by atoms with Gasteiger partial charge < -0.3 is 10.1 Å². The van der Waals surface area contributed by atoms with Crippen LogP contribution >= 0.6 is 0 Å². The van der Waals surface area contributed by atoms with Gasteiger partial charge in [-0.1, -0.05) is 18.2 Å². The summed E-state index contributed by atoms with van der Waals surface area (Å²) in [6, 6.07) is 12.9. The molecule has 0 fully saturated rings. The third kappa shape index (κ3) is 4.02. The Bertz CT molecular complexity index is 1170. The number of anilines is 1. The smallest absolute Gasteiger partial charge is 0.338 e. The number of fused-ring (bicyclic) bond motifs is 1. The van der Waals surface area contributed by atoms with Crippen molar-refractivity contribution in [2.75, 3.05) is 11.9 Å². The van der Waals surface area contributed by atoms with Crippen LogP contribution in [0.1, 0.15) is 45.3 Å². The number of nitrogens with one attached hydrogen (secondary N) is 1. The van der Waals surface area contributed by atoms with Crippen molar-refractivity contribution in [3.05, 3.63) is 81.0 Å². The number of non-ortho nitro benzene ring substituents is 1. The van der Waals surface area contributed by atoms with Crippen molar-refractivity contribution in [3.8, 4) is 5.69 Å². The van der Waals surface area contributed by atoms with Gasteiger partial charge in [0, 0.05) is 23.3 Å². The Morgan fingerprint density at radius 3 is 2.61 bits per heavy atom. The van der Waals surface area contributed by atoms with E-state index in [1.807, 2.05) is 30.3 Å². The van der Waals surface area contributed by atoms with E-state index in [0.717, 1.165) is 48.3 Å². The van der Waals surface area contributed by atoms with Crippen molar-refractivity contribution in [2.24, 2.45) is 0 Å². The number of para-hydroxylation sites is 1. The number of aromatic nitrogens is 2. The number of benzene rings is 2. The quantitative estimate of drug-likeness (QED) is 0.369. The molecule has 4 rings (SSSR count). The number of ether oxygens (including phenoxy) is 1. The Kier molecular flexibility index (Phi) is 5.48. The second-order valence-corrected chi connectivity index (χ2v) is 7.08. The minimum absolute atomic E-state index is 0.00943. The van der Waals surface area contributed by atoms with Crippen LogP contribution in [0.2, 0.25) is 0 Å². The zero-order valence-electron chi connectivity index (χ0n) is 16.8. The van der Waals surface area contributed by atoms with E-state index in [4.69, 9.17) is 4.74 Å². The molecule has 1 aromatic heterocycles. The van der Waals surface area contributed by atoms with Gasteiger partial charge in [0.15, 0.2) is 0 Å². The SMILES string of the molecule is CCOC(=O)c1cc(C(=O)Nc2c3c(nn2-c2ccccc2)CCC3)cc([N+](=O)[O-])c1. The van der Waals surface area contributed by atoms with Crippen molar-refractivity contribution in [1.82, 2.24) is 9.78 Å². The molecule has 1 amide bonds. The number of rotatable bonds is 6. The van der Waals surface area contributed by atoms with Crippen LogP contribution in [0, 0.1) is 10.1 Å². The van der Waals surface area contributed by atoms with Gasteiger partial charge in [0.2, 0.25) is 0 Å². The molecule has 0 atom stereocenters. The highest BCUT2D eigenvalue weighted by molar-refractivity contribution is 6.06. The van der Waals surface area contributed by atoms with Crippen molar-refractivity contribution >= 4 is 23.4 Å². The lowest BCUT2D eigenvalue weighted by atomic mass is 10.1. The number of nitrogens with zero attached hydrogens (tertiary/aromatic N) is 3. The topological polar surface area (TPSA) is 116 Å². The van der Waals surface area contributed by atoms with Crippen LogP contribution in [-0.4, -0.2) is 33.2 Å². The fourth-order valence-corrected chi connectivity index (χ4v) is 3.64. The minimum atomic E-state index is -0.726. The normalized spacial score (nSPS) is 12.3. The maximum absolute atomic E-state index is 13.1. The molecule has 1 N–H and O–H groups in total. The molecule has 0 bridgehead atoms. The largest absolute Gasteiger partial charge is 0.462 e. The van der Waals surface area contributed by atoms with Crippen molar-refractivity contribution in [3.63, 3.8) is 0 Å². The third-order valence-corrected chi connectivity index (χ3v) is 5.04. The molecule has 0 radical (unpaired) electrons. The summed E-state index contributed by atoms with van der Waals surface area (Å²) in [5, 5.41) is 18.8. The monoisotopic (exact) mass is 420 g/mol. The van der Waals surface area contributed by atoms with Gasteiger partial charge in [0.1, 0.15) is 5.82 Å². The Morgan fingerprint density at radius 1 is 1.16 bits per heavy atom. The first-order valence-electron chi connectivity index (χ1n) is 9.92. The fourth-order valence-electron chi connectivity index (χ4n) is 3.64. The highest BCUT2D eigenvalue weighted by Gasteiger charge is 2.26. The Balaban J connectivity index is 1.72. The summed E-state index contributed by atoms with van der Waals surface area (Å²) in [5.74, 6) is -0.760. The van der Waals surface area contributed by atoms with E-state index in [2.05, 4.69) is 10.4 Å².